The number of rotatable bonds is 0. The van der Waals surface area contributed by atoms with E-state index in [4.69, 9.17) is 0 Å². The maximum Gasteiger partial charge on any atom is 0.133 e. The van der Waals surface area contributed by atoms with Gasteiger partial charge >= 0.3 is 0 Å². The molecule has 0 bridgehead atoms. The molecule has 0 saturated carbocycles. The number of aromatic nitrogens is 1. The van der Waals surface area contributed by atoms with Gasteiger partial charge in [0.1, 0.15) is 10.4 Å². The van der Waals surface area contributed by atoms with Gasteiger partial charge in [0.2, 0.25) is 0 Å². The molecular weight excluding hydrogens is 221 g/mol. The smallest absolute Gasteiger partial charge is 0.133 e. The predicted octanol–water partition coefficient (Wildman–Crippen LogP) is 3.14. The van der Waals surface area contributed by atoms with Crippen molar-refractivity contribution in [1.82, 2.24) is 4.98 Å². The molecule has 0 aliphatic rings. The first-order valence-corrected chi connectivity index (χ1v) is 4.27. The number of halogens is 2. The summed E-state index contributed by atoms with van der Waals surface area (Å²) in [7, 11) is 0. The first kappa shape index (κ1) is 7.68. The average molecular weight is 226 g/mol. The zero-order valence-corrected chi connectivity index (χ0v) is 7.68. The molecule has 1 nitrogen and oxygen atoms in total. The lowest BCUT2D eigenvalue weighted by Crippen LogP contribution is -1.82. The van der Waals surface area contributed by atoms with Crippen LogP contribution in [0.4, 0.5) is 4.39 Å². The fraction of sp³-hybridized carbons (Fsp3) is 0. The third-order valence-electron chi connectivity index (χ3n) is 1.69. The van der Waals surface area contributed by atoms with Crippen LogP contribution in [0.25, 0.3) is 10.8 Å². The summed E-state index contributed by atoms with van der Waals surface area (Å²) in [6.07, 6.45) is 1.64. The molecule has 0 N–H and O–H groups in total. The van der Waals surface area contributed by atoms with Crippen LogP contribution in [-0.2, 0) is 0 Å². The van der Waals surface area contributed by atoms with Crippen molar-refractivity contribution in [2.45, 2.75) is 0 Å². The Morgan fingerprint density at radius 2 is 2.08 bits per heavy atom. The van der Waals surface area contributed by atoms with Gasteiger partial charge in [-0.25, -0.2) is 9.37 Å². The van der Waals surface area contributed by atoms with E-state index in [9.17, 15) is 4.39 Å². The van der Waals surface area contributed by atoms with Crippen molar-refractivity contribution in [3.8, 4) is 0 Å². The molecule has 2 rings (SSSR count). The van der Waals surface area contributed by atoms with Gasteiger partial charge in [0.05, 0.1) is 5.39 Å². The molecule has 0 radical (unpaired) electrons. The average Bonchev–Trinajstić information content (AvgIpc) is 2.04. The summed E-state index contributed by atoms with van der Waals surface area (Å²) in [6, 6.07) is 6.74. The summed E-state index contributed by atoms with van der Waals surface area (Å²) in [5.74, 6) is -0.243. The molecule has 0 spiro atoms. The fourth-order valence-corrected chi connectivity index (χ4v) is 1.68. The molecule has 0 unspecified atom stereocenters. The molecule has 3 heteroatoms. The highest BCUT2D eigenvalue weighted by molar-refractivity contribution is 9.10. The zero-order chi connectivity index (χ0) is 8.55. The normalized spacial score (nSPS) is 10.5. The molecule has 1 aromatic carbocycles. The first-order chi connectivity index (χ1) is 5.79. The van der Waals surface area contributed by atoms with Crippen LogP contribution in [0.3, 0.4) is 0 Å². The SMILES string of the molecule is Fc1cccc2ccnc(Br)c12. The quantitative estimate of drug-likeness (QED) is 0.629. The van der Waals surface area contributed by atoms with E-state index in [2.05, 4.69) is 20.9 Å². The lowest BCUT2D eigenvalue weighted by Gasteiger charge is -1.99. The summed E-state index contributed by atoms with van der Waals surface area (Å²) in [6.45, 7) is 0. The monoisotopic (exact) mass is 225 g/mol. The van der Waals surface area contributed by atoms with Crippen molar-refractivity contribution < 1.29 is 4.39 Å². The van der Waals surface area contributed by atoms with Crippen molar-refractivity contribution in [2.75, 3.05) is 0 Å². The van der Waals surface area contributed by atoms with Gasteiger partial charge in [-0.15, -0.1) is 0 Å². The third-order valence-corrected chi connectivity index (χ3v) is 2.30. The topological polar surface area (TPSA) is 12.9 Å². The summed E-state index contributed by atoms with van der Waals surface area (Å²) in [5, 5.41) is 1.40. The highest BCUT2D eigenvalue weighted by Gasteiger charge is 2.03. The van der Waals surface area contributed by atoms with Crippen molar-refractivity contribution in [1.29, 1.82) is 0 Å². The molecule has 0 fully saturated rings. The van der Waals surface area contributed by atoms with Crippen LogP contribution in [0.15, 0.2) is 35.1 Å². The van der Waals surface area contributed by atoms with E-state index in [1.807, 2.05) is 6.07 Å². The molecule has 0 saturated heterocycles. The summed E-state index contributed by atoms with van der Waals surface area (Å²) in [4.78, 5) is 3.94. The van der Waals surface area contributed by atoms with Crippen molar-refractivity contribution >= 4 is 26.7 Å². The van der Waals surface area contributed by atoms with Crippen LogP contribution in [0, 0.1) is 5.82 Å². The van der Waals surface area contributed by atoms with Gasteiger partial charge in [0.15, 0.2) is 0 Å². The van der Waals surface area contributed by atoms with Gasteiger partial charge < -0.3 is 0 Å². The molecule has 1 aromatic heterocycles. The van der Waals surface area contributed by atoms with E-state index in [1.54, 1.807) is 18.3 Å². The standard InChI is InChI=1S/C9H5BrFN/c10-9-8-6(4-5-12-9)2-1-3-7(8)11/h1-5H. The van der Waals surface area contributed by atoms with Crippen LogP contribution < -0.4 is 0 Å². The number of hydrogen-bond donors (Lipinski definition) is 0. The third kappa shape index (κ3) is 1.10. The van der Waals surface area contributed by atoms with E-state index in [0.29, 0.717) is 9.99 Å². The molecule has 0 amide bonds. The van der Waals surface area contributed by atoms with E-state index in [1.165, 1.54) is 6.07 Å². The van der Waals surface area contributed by atoms with Crippen LogP contribution in [-0.4, -0.2) is 4.98 Å². The van der Waals surface area contributed by atoms with Gasteiger partial charge in [-0.3, -0.25) is 0 Å². The van der Waals surface area contributed by atoms with Gasteiger partial charge in [-0.05, 0) is 33.4 Å². The summed E-state index contributed by atoms with van der Waals surface area (Å²) >= 11 is 3.20. The van der Waals surface area contributed by atoms with E-state index in [0.717, 1.165) is 5.39 Å². The minimum atomic E-state index is -0.243. The van der Waals surface area contributed by atoms with Crippen molar-refractivity contribution in [3.63, 3.8) is 0 Å². The zero-order valence-electron chi connectivity index (χ0n) is 6.09. The Hall–Kier alpha value is -0.960. The molecule has 60 valence electrons. The lowest BCUT2D eigenvalue weighted by molar-refractivity contribution is 0.639. The second-order valence-corrected chi connectivity index (χ2v) is 3.19. The Labute approximate surface area is 77.4 Å². The molecule has 1 heterocycles. The second kappa shape index (κ2) is 2.83. The van der Waals surface area contributed by atoms with Crippen LogP contribution in [0.1, 0.15) is 0 Å². The van der Waals surface area contributed by atoms with Crippen LogP contribution >= 0.6 is 15.9 Å². The number of hydrogen-bond acceptors (Lipinski definition) is 1. The Morgan fingerprint density at radius 3 is 2.83 bits per heavy atom. The summed E-state index contributed by atoms with van der Waals surface area (Å²) in [5.41, 5.74) is 0. The van der Waals surface area contributed by atoms with Crippen molar-refractivity contribution in [3.05, 3.63) is 40.9 Å². The predicted molar refractivity (Wildman–Crippen MR) is 49.4 cm³/mol. The molecule has 2 aromatic rings. The maximum atomic E-state index is 13.2. The second-order valence-electron chi connectivity index (χ2n) is 2.44. The largest absolute Gasteiger partial charge is 0.249 e. The molecular formula is C9H5BrFN. The first-order valence-electron chi connectivity index (χ1n) is 3.48. The van der Waals surface area contributed by atoms with Gasteiger partial charge in [-0.2, -0.15) is 0 Å². The Balaban J connectivity index is 2.96. The molecule has 0 aliphatic heterocycles. The summed E-state index contributed by atoms with van der Waals surface area (Å²) < 4.78 is 13.7. The number of pyridine rings is 1. The number of fused-ring (bicyclic) bond motifs is 1. The van der Waals surface area contributed by atoms with Gasteiger partial charge in [0, 0.05) is 6.20 Å². The minimum Gasteiger partial charge on any atom is -0.249 e. The van der Waals surface area contributed by atoms with E-state index < -0.39 is 0 Å². The molecule has 0 atom stereocenters. The van der Waals surface area contributed by atoms with Gasteiger partial charge in [-0.1, -0.05) is 12.1 Å². The minimum absolute atomic E-state index is 0.243. The Morgan fingerprint density at radius 1 is 1.25 bits per heavy atom. The van der Waals surface area contributed by atoms with Gasteiger partial charge in [0.25, 0.3) is 0 Å². The Kier molecular flexibility index (Phi) is 1.81. The van der Waals surface area contributed by atoms with E-state index in [-0.39, 0.29) is 5.82 Å². The lowest BCUT2D eigenvalue weighted by atomic mass is 10.2. The molecule has 12 heavy (non-hydrogen) atoms. The van der Waals surface area contributed by atoms with Crippen molar-refractivity contribution in [2.24, 2.45) is 0 Å². The highest BCUT2D eigenvalue weighted by atomic mass is 79.9. The van der Waals surface area contributed by atoms with Crippen LogP contribution in [0.2, 0.25) is 0 Å². The Bertz CT molecular complexity index is 391. The van der Waals surface area contributed by atoms with E-state index >= 15 is 0 Å². The number of nitrogens with zero attached hydrogens (tertiary/aromatic N) is 1. The highest BCUT2D eigenvalue weighted by Crippen LogP contribution is 2.23. The maximum absolute atomic E-state index is 13.2. The van der Waals surface area contributed by atoms with Crippen LogP contribution in [0.5, 0.6) is 0 Å². The molecule has 0 aliphatic carbocycles. The number of benzene rings is 1. The fourth-order valence-electron chi connectivity index (χ4n) is 1.14.